The van der Waals surface area contributed by atoms with Crippen LogP contribution in [0.1, 0.15) is 29.3 Å². The molecule has 0 radical (unpaired) electrons. The van der Waals surface area contributed by atoms with E-state index in [4.69, 9.17) is 0 Å². The van der Waals surface area contributed by atoms with Gasteiger partial charge in [0.05, 0.1) is 6.54 Å². The highest BCUT2D eigenvalue weighted by molar-refractivity contribution is 7.10. The van der Waals surface area contributed by atoms with Crippen LogP contribution in [0.15, 0.2) is 35.7 Å². The summed E-state index contributed by atoms with van der Waals surface area (Å²) in [5.41, 5.74) is 1.97. The number of nitrogens with one attached hydrogen (secondary N) is 1. The van der Waals surface area contributed by atoms with Crippen LogP contribution in [0, 0.1) is 5.92 Å². The SMILES string of the molecule is O=C(CN1CCc2sccc2[C@@H]1C1CC1)Nc1ccc(OC(F)F)cc1. The second-order valence-electron chi connectivity index (χ2n) is 6.75. The predicted molar refractivity (Wildman–Crippen MR) is 96.8 cm³/mol. The molecular weight excluding hydrogens is 358 g/mol. The summed E-state index contributed by atoms with van der Waals surface area (Å²) in [7, 11) is 0. The Kier molecular flexibility index (Phi) is 4.91. The van der Waals surface area contributed by atoms with Crippen molar-refractivity contribution in [2.45, 2.75) is 31.9 Å². The fraction of sp³-hybridized carbons (Fsp3) is 0.421. The molecule has 26 heavy (non-hydrogen) atoms. The van der Waals surface area contributed by atoms with Crippen molar-refractivity contribution in [3.63, 3.8) is 0 Å². The van der Waals surface area contributed by atoms with Crippen LogP contribution < -0.4 is 10.1 Å². The van der Waals surface area contributed by atoms with E-state index in [0.717, 1.165) is 13.0 Å². The van der Waals surface area contributed by atoms with E-state index in [1.807, 2.05) is 11.3 Å². The molecule has 0 saturated heterocycles. The van der Waals surface area contributed by atoms with Crippen molar-refractivity contribution in [1.29, 1.82) is 0 Å². The number of ether oxygens (including phenoxy) is 1. The Morgan fingerprint density at radius 2 is 2.04 bits per heavy atom. The first-order valence-electron chi connectivity index (χ1n) is 8.75. The molecule has 138 valence electrons. The molecule has 1 atom stereocenters. The summed E-state index contributed by atoms with van der Waals surface area (Å²) >= 11 is 1.81. The summed E-state index contributed by atoms with van der Waals surface area (Å²) in [5, 5.41) is 4.99. The Balaban J connectivity index is 1.38. The molecule has 2 heterocycles. The van der Waals surface area contributed by atoms with Crippen LogP contribution in [0.5, 0.6) is 5.75 Å². The minimum Gasteiger partial charge on any atom is -0.435 e. The molecule has 2 aliphatic rings. The standard InChI is InChI=1S/C19H20F2N2O2S/c20-19(21)25-14-5-3-13(4-6-14)22-17(24)11-23-9-7-16-15(8-10-26-16)18(23)12-1-2-12/h3-6,8,10,12,18-19H,1-2,7,9,11H2,(H,22,24)/t18-/m0/s1. The van der Waals surface area contributed by atoms with Gasteiger partial charge in [0.2, 0.25) is 5.91 Å². The maximum Gasteiger partial charge on any atom is 0.387 e. The van der Waals surface area contributed by atoms with Gasteiger partial charge in [-0.05, 0) is 66.5 Å². The molecule has 1 aliphatic heterocycles. The smallest absolute Gasteiger partial charge is 0.387 e. The van der Waals surface area contributed by atoms with Gasteiger partial charge in [-0.1, -0.05) is 0 Å². The molecule has 1 saturated carbocycles. The molecule has 0 unspecified atom stereocenters. The molecule has 0 bridgehead atoms. The van der Waals surface area contributed by atoms with Gasteiger partial charge in [-0.25, -0.2) is 0 Å². The zero-order valence-electron chi connectivity index (χ0n) is 14.2. The van der Waals surface area contributed by atoms with Crippen molar-refractivity contribution in [2.24, 2.45) is 5.92 Å². The second kappa shape index (κ2) is 7.32. The minimum atomic E-state index is -2.85. The lowest BCUT2D eigenvalue weighted by molar-refractivity contribution is -0.118. The zero-order chi connectivity index (χ0) is 18.1. The quantitative estimate of drug-likeness (QED) is 0.815. The molecule has 4 nitrogen and oxygen atoms in total. The average Bonchev–Trinajstić information content (AvgIpc) is 3.32. The third-order valence-electron chi connectivity index (χ3n) is 4.90. The Morgan fingerprint density at radius 3 is 2.73 bits per heavy atom. The number of carbonyl (C=O) groups excluding carboxylic acids is 1. The van der Waals surface area contributed by atoms with Crippen molar-refractivity contribution < 1.29 is 18.3 Å². The predicted octanol–water partition coefficient (Wildman–Crippen LogP) is 4.30. The van der Waals surface area contributed by atoms with E-state index in [1.54, 1.807) is 12.1 Å². The lowest BCUT2D eigenvalue weighted by Gasteiger charge is -2.35. The fourth-order valence-electron chi connectivity index (χ4n) is 3.64. The fourth-order valence-corrected chi connectivity index (χ4v) is 4.56. The number of hydrogen-bond acceptors (Lipinski definition) is 4. The van der Waals surface area contributed by atoms with Crippen molar-refractivity contribution in [3.8, 4) is 5.75 Å². The Bertz CT molecular complexity index is 774. The van der Waals surface area contributed by atoms with Gasteiger partial charge in [-0.3, -0.25) is 9.69 Å². The van der Waals surface area contributed by atoms with Gasteiger partial charge in [0.1, 0.15) is 5.75 Å². The topological polar surface area (TPSA) is 41.6 Å². The van der Waals surface area contributed by atoms with Gasteiger partial charge in [0.15, 0.2) is 0 Å². The molecule has 7 heteroatoms. The van der Waals surface area contributed by atoms with Crippen molar-refractivity contribution in [3.05, 3.63) is 46.2 Å². The number of thiophene rings is 1. The van der Waals surface area contributed by atoms with Crippen LogP contribution in [0.3, 0.4) is 0 Å². The van der Waals surface area contributed by atoms with Gasteiger partial charge in [-0.15, -0.1) is 11.3 Å². The molecule has 1 aliphatic carbocycles. The Hall–Kier alpha value is -1.99. The van der Waals surface area contributed by atoms with E-state index < -0.39 is 6.61 Å². The molecule has 1 N–H and O–H groups in total. The lowest BCUT2D eigenvalue weighted by atomic mass is 9.96. The van der Waals surface area contributed by atoms with E-state index in [9.17, 15) is 13.6 Å². The Labute approximate surface area is 154 Å². The first kappa shape index (κ1) is 17.4. The lowest BCUT2D eigenvalue weighted by Crippen LogP contribution is -2.41. The normalized spacial score (nSPS) is 20.0. The van der Waals surface area contributed by atoms with Crippen LogP contribution in [0.4, 0.5) is 14.5 Å². The van der Waals surface area contributed by atoms with Crippen LogP contribution in [0.2, 0.25) is 0 Å². The third-order valence-corrected chi connectivity index (χ3v) is 5.89. The van der Waals surface area contributed by atoms with Gasteiger partial charge >= 0.3 is 6.61 Å². The number of nitrogens with zero attached hydrogens (tertiary/aromatic N) is 1. The first-order chi connectivity index (χ1) is 12.6. The zero-order valence-corrected chi connectivity index (χ0v) is 15.0. The average molecular weight is 378 g/mol. The Morgan fingerprint density at radius 1 is 1.27 bits per heavy atom. The van der Waals surface area contributed by atoms with Crippen LogP contribution in [-0.2, 0) is 11.2 Å². The highest BCUT2D eigenvalue weighted by Crippen LogP contribution is 2.48. The van der Waals surface area contributed by atoms with Crippen LogP contribution >= 0.6 is 11.3 Å². The summed E-state index contributed by atoms with van der Waals surface area (Å²) in [6.07, 6.45) is 3.44. The van der Waals surface area contributed by atoms with Gasteiger partial charge in [0, 0.05) is 23.2 Å². The van der Waals surface area contributed by atoms with Crippen molar-refractivity contribution in [1.82, 2.24) is 4.90 Å². The molecule has 1 aromatic carbocycles. The third kappa shape index (κ3) is 3.88. The van der Waals surface area contributed by atoms with Crippen LogP contribution in [-0.4, -0.2) is 30.5 Å². The van der Waals surface area contributed by atoms with Gasteiger partial charge in [0.25, 0.3) is 0 Å². The number of rotatable bonds is 6. The minimum absolute atomic E-state index is 0.0767. The van der Waals surface area contributed by atoms with E-state index in [2.05, 4.69) is 26.4 Å². The second-order valence-corrected chi connectivity index (χ2v) is 7.75. The summed E-state index contributed by atoms with van der Waals surface area (Å²) in [5.74, 6) is 0.645. The highest BCUT2D eigenvalue weighted by atomic mass is 32.1. The van der Waals surface area contributed by atoms with Gasteiger partial charge < -0.3 is 10.1 Å². The number of fused-ring (bicyclic) bond motifs is 1. The van der Waals surface area contributed by atoms with E-state index in [-0.39, 0.29) is 11.7 Å². The summed E-state index contributed by atoms with van der Waals surface area (Å²) in [6, 6.07) is 8.54. The van der Waals surface area contributed by atoms with E-state index in [1.165, 1.54) is 35.4 Å². The largest absolute Gasteiger partial charge is 0.435 e. The number of anilines is 1. The maximum atomic E-state index is 12.5. The molecular formula is C19H20F2N2O2S. The summed E-state index contributed by atoms with van der Waals surface area (Å²) in [4.78, 5) is 16.2. The summed E-state index contributed by atoms with van der Waals surface area (Å²) in [6.45, 7) is -1.62. The van der Waals surface area contributed by atoms with Crippen LogP contribution in [0.25, 0.3) is 0 Å². The van der Waals surface area contributed by atoms with Crippen molar-refractivity contribution >= 4 is 22.9 Å². The number of amides is 1. The number of benzene rings is 1. The molecule has 4 rings (SSSR count). The number of alkyl halides is 2. The van der Waals surface area contributed by atoms with Gasteiger partial charge in [-0.2, -0.15) is 8.78 Å². The maximum absolute atomic E-state index is 12.5. The van der Waals surface area contributed by atoms with E-state index >= 15 is 0 Å². The number of carbonyl (C=O) groups is 1. The summed E-state index contributed by atoms with van der Waals surface area (Å²) < 4.78 is 28.7. The number of halogens is 2. The molecule has 2 aromatic rings. The molecule has 1 fully saturated rings. The molecule has 1 aromatic heterocycles. The van der Waals surface area contributed by atoms with E-state index in [0.29, 0.717) is 24.2 Å². The first-order valence-corrected chi connectivity index (χ1v) is 9.63. The highest BCUT2D eigenvalue weighted by Gasteiger charge is 2.40. The van der Waals surface area contributed by atoms with Crippen molar-refractivity contribution in [2.75, 3.05) is 18.4 Å². The molecule has 0 spiro atoms. The number of hydrogen-bond donors (Lipinski definition) is 1. The molecule has 1 amide bonds. The monoisotopic (exact) mass is 378 g/mol.